The Morgan fingerprint density at radius 1 is 0.485 bits per heavy atom. The van der Waals surface area contributed by atoms with Crippen molar-refractivity contribution < 1.29 is 68.1 Å². The Bertz CT molecular complexity index is 1030. The molecule has 0 saturated heterocycles. The Kier molecular flexibility index (Phi) is 57.9. The normalized spacial score (nSPS) is 13.7. The molecular formula is C53H111NO13P+. The number of hydrogen-bond donors (Lipinski definition) is 7. The van der Waals surface area contributed by atoms with Gasteiger partial charge in [0.25, 0.3) is 0 Å². The van der Waals surface area contributed by atoms with Gasteiger partial charge in [-0.15, -0.1) is 0 Å². The third-order valence-corrected chi connectivity index (χ3v) is 13.0. The molecule has 0 heterocycles. The Morgan fingerprint density at radius 3 is 1.24 bits per heavy atom. The summed E-state index contributed by atoms with van der Waals surface area (Å²) >= 11 is 0. The molecule has 0 saturated carbocycles. The van der Waals surface area contributed by atoms with Gasteiger partial charge in [-0.3, -0.25) is 9.59 Å². The van der Waals surface area contributed by atoms with Crippen molar-refractivity contribution in [1.29, 1.82) is 0 Å². The molecule has 7 N–H and O–H groups in total. The molecule has 0 aromatic rings. The molecule has 14 nitrogen and oxygen atoms in total. The quantitative estimate of drug-likeness (QED) is 0.0131. The molecule has 0 rings (SSSR count). The van der Waals surface area contributed by atoms with E-state index in [1.165, 1.54) is 167 Å². The third kappa shape index (κ3) is 52.8. The van der Waals surface area contributed by atoms with Crippen molar-refractivity contribution in [1.82, 2.24) is 0 Å². The highest BCUT2D eigenvalue weighted by Crippen LogP contribution is 2.32. The summed E-state index contributed by atoms with van der Waals surface area (Å²) in [5, 5.41) is 56.2. The van der Waals surface area contributed by atoms with Crippen molar-refractivity contribution in [2.24, 2.45) is 0 Å². The number of ether oxygens (including phenoxy) is 2. The summed E-state index contributed by atoms with van der Waals surface area (Å²) in [7, 11) is 1.76. The number of likely N-dealkylation sites (N-methyl/N-ethyl adjacent to an activating group) is 1. The highest BCUT2D eigenvalue weighted by molar-refractivity contribution is 7.40. The summed E-state index contributed by atoms with van der Waals surface area (Å²) in [6.07, 6.45) is 34.5. The van der Waals surface area contributed by atoms with Gasteiger partial charge < -0.3 is 58.5 Å². The van der Waals surface area contributed by atoms with E-state index in [4.69, 9.17) is 28.7 Å². The van der Waals surface area contributed by atoms with Crippen LogP contribution >= 0.6 is 8.60 Å². The molecule has 15 heteroatoms. The van der Waals surface area contributed by atoms with Gasteiger partial charge in [-0.2, -0.15) is 0 Å². The Hall–Kier alpha value is -1.03. The fraction of sp³-hybridized carbons (Fsp3) is 0.962. The van der Waals surface area contributed by atoms with Crippen LogP contribution in [0, 0.1) is 0 Å². The summed E-state index contributed by atoms with van der Waals surface area (Å²) in [6, 6.07) is 0. The summed E-state index contributed by atoms with van der Waals surface area (Å²) in [5.74, 6) is -0.848. The number of esters is 1. The van der Waals surface area contributed by atoms with Gasteiger partial charge in [0.15, 0.2) is 0 Å². The second kappa shape index (κ2) is 55.3. The second-order valence-corrected chi connectivity index (χ2v) is 20.0. The lowest BCUT2D eigenvalue weighted by Gasteiger charge is -2.32. The van der Waals surface area contributed by atoms with Crippen LogP contribution in [0.1, 0.15) is 240 Å². The van der Waals surface area contributed by atoms with Crippen LogP contribution in [0.2, 0.25) is 0 Å². The molecule has 410 valence electrons. The lowest BCUT2D eigenvalue weighted by Crippen LogP contribution is -2.50. The SMILES string of the molecule is CC.CCCCCCCCCCCCCCCCCC(=O)O.CCCCCCCCCCCCCCCCCC(=O)OCCCOP(O)OCC[N+](C)(C)CCOC(CO)C(O)C(O)C(O)CO. The van der Waals surface area contributed by atoms with E-state index in [1.54, 1.807) is 0 Å². The predicted molar refractivity (Wildman–Crippen MR) is 278 cm³/mol. The number of unbranched alkanes of at least 4 members (excludes halogenated alkanes) is 28. The number of carboxylic acids is 1. The average Bonchev–Trinajstić information content (AvgIpc) is 3.32. The van der Waals surface area contributed by atoms with Gasteiger partial charge in [0.05, 0.1) is 47.1 Å². The van der Waals surface area contributed by atoms with E-state index in [9.17, 15) is 34.9 Å². The number of carbonyl (C=O) groups is 2. The van der Waals surface area contributed by atoms with Crippen LogP contribution in [0.5, 0.6) is 0 Å². The molecule has 0 aliphatic heterocycles. The number of nitrogens with zero attached hydrogens (tertiary/aromatic N) is 1. The Labute approximate surface area is 418 Å². The van der Waals surface area contributed by atoms with Crippen LogP contribution < -0.4 is 0 Å². The van der Waals surface area contributed by atoms with Crippen LogP contribution in [0.25, 0.3) is 0 Å². The molecule has 0 amide bonds. The molecule has 0 fully saturated rings. The lowest BCUT2D eigenvalue weighted by molar-refractivity contribution is -0.890. The third-order valence-electron chi connectivity index (χ3n) is 12.2. The maximum atomic E-state index is 11.9. The highest BCUT2D eigenvalue weighted by atomic mass is 31.2. The van der Waals surface area contributed by atoms with Gasteiger partial charge in [0, 0.05) is 19.3 Å². The summed E-state index contributed by atoms with van der Waals surface area (Å²) in [6.45, 7) is 9.02. The first kappa shape index (κ1) is 71.2. The second-order valence-electron chi connectivity index (χ2n) is 19.0. The largest absolute Gasteiger partial charge is 0.481 e. The minimum atomic E-state index is -2.06. The van der Waals surface area contributed by atoms with Gasteiger partial charge in [0.1, 0.15) is 44.1 Å². The number of aliphatic carboxylic acids is 1. The molecule has 0 radical (unpaired) electrons. The number of aliphatic hydroxyl groups is 5. The van der Waals surface area contributed by atoms with E-state index in [2.05, 4.69) is 13.8 Å². The molecule has 0 aromatic heterocycles. The van der Waals surface area contributed by atoms with E-state index in [0.717, 1.165) is 25.7 Å². The number of quaternary nitrogens is 1. The number of hydrogen-bond acceptors (Lipinski definition) is 12. The summed E-state index contributed by atoms with van der Waals surface area (Å²) in [4.78, 5) is 32.3. The standard InChI is InChI=1S/C33H69NO11P.C18H36O2.C2H6/c1-4-5-6-7-8-9-10-11-12-13-14-15-16-17-18-20-31(38)43-23-19-24-44-46(41)45-26-22-34(2,3)21-25-42-30(28-36)33(40)32(39)29(37)27-35;1-2-3-4-5-6-7-8-9-10-11-12-13-14-15-16-17-18(19)20;1-2/h29-30,32-33,35-37,39-41H,4-28H2,1-3H3;2-17H2,1H3,(H,19,20);1-2H3/q+1;;. The van der Waals surface area contributed by atoms with Crippen LogP contribution in [0.15, 0.2) is 0 Å². The van der Waals surface area contributed by atoms with E-state index in [0.29, 0.717) is 36.8 Å². The van der Waals surface area contributed by atoms with Crippen LogP contribution in [0.3, 0.4) is 0 Å². The summed E-state index contributed by atoms with van der Waals surface area (Å²) in [5.41, 5.74) is 0. The van der Waals surface area contributed by atoms with Gasteiger partial charge in [-0.05, 0) is 12.8 Å². The first-order chi connectivity index (χ1) is 32.8. The minimum absolute atomic E-state index is 0.139. The number of rotatable bonds is 50. The molecule has 0 aliphatic rings. The zero-order valence-corrected chi connectivity index (χ0v) is 45.7. The minimum Gasteiger partial charge on any atom is -0.481 e. The van der Waals surface area contributed by atoms with Crippen molar-refractivity contribution in [3.63, 3.8) is 0 Å². The van der Waals surface area contributed by atoms with Crippen LogP contribution in [0.4, 0.5) is 0 Å². The topological polar surface area (TPSA) is 213 Å². The van der Waals surface area contributed by atoms with Crippen LogP contribution in [-0.2, 0) is 28.1 Å². The molecular weight excluding hydrogens is 890 g/mol. The van der Waals surface area contributed by atoms with Crippen molar-refractivity contribution in [2.45, 2.75) is 264 Å². The number of aliphatic hydroxyl groups excluding tert-OH is 5. The smallest absolute Gasteiger partial charge is 0.330 e. The fourth-order valence-electron chi connectivity index (χ4n) is 7.53. The Balaban J connectivity index is -0.00000160. The van der Waals surface area contributed by atoms with Crippen molar-refractivity contribution in [3.8, 4) is 0 Å². The van der Waals surface area contributed by atoms with E-state index < -0.39 is 52.2 Å². The first-order valence-electron chi connectivity index (χ1n) is 27.7. The lowest BCUT2D eigenvalue weighted by atomic mass is 10.0. The number of carbonyl (C=O) groups excluding carboxylic acids is 1. The molecule has 68 heavy (non-hydrogen) atoms. The van der Waals surface area contributed by atoms with Crippen molar-refractivity contribution >= 4 is 20.5 Å². The summed E-state index contributed by atoms with van der Waals surface area (Å²) < 4.78 is 21.8. The van der Waals surface area contributed by atoms with Gasteiger partial charge in [-0.25, -0.2) is 0 Å². The van der Waals surface area contributed by atoms with Gasteiger partial charge in [-0.1, -0.05) is 207 Å². The van der Waals surface area contributed by atoms with E-state index >= 15 is 0 Å². The van der Waals surface area contributed by atoms with Crippen molar-refractivity contribution in [3.05, 3.63) is 0 Å². The molecule has 5 unspecified atom stereocenters. The van der Waals surface area contributed by atoms with Crippen molar-refractivity contribution in [2.75, 3.05) is 66.8 Å². The van der Waals surface area contributed by atoms with Crippen LogP contribution in [-0.4, -0.2) is 143 Å². The van der Waals surface area contributed by atoms with Gasteiger partial charge in [0.2, 0.25) is 0 Å². The molecule has 0 spiro atoms. The zero-order chi connectivity index (χ0) is 51.4. The van der Waals surface area contributed by atoms with Gasteiger partial charge >= 0.3 is 20.5 Å². The maximum Gasteiger partial charge on any atom is 0.330 e. The molecule has 0 aromatic carbocycles. The average molecular weight is 1000 g/mol. The zero-order valence-electron chi connectivity index (χ0n) is 44.8. The first-order valence-corrected chi connectivity index (χ1v) is 28.8. The molecule has 5 atom stereocenters. The Morgan fingerprint density at radius 2 is 0.853 bits per heavy atom. The fourth-order valence-corrected chi connectivity index (χ4v) is 8.13. The highest BCUT2D eigenvalue weighted by Gasteiger charge is 2.32. The predicted octanol–water partition coefficient (Wildman–Crippen LogP) is 11.3. The number of carboxylic acid groups (broad SMARTS) is 1. The molecule has 0 bridgehead atoms. The van der Waals surface area contributed by atoms with E-state index in [-0.39, 0.29) is 32.4 Å². The van der Waals surface area contributed by atoms with E-state index in [1.807, 2.05) is 27.9 Å². The molecule has 0 aliphatic carbocycles. The monoisotopic (exact) mass is 1000 g/mol. The maximum absolute atomic E-state index is 11.9.